The van der Waals surface area contributed by atoms with Gasteiger partial charge in [0.05, 0.1) is 22.8 Å². The van der Waals surface area contributed by atoms with Crippen molar-refractivity contribution < 1.29 is 28.2 Å². The van der Waals surface area contributed by atoms with Crippen LogP contribution in [0.25, 0.3) is 33.1 Å². The number of aliphatic carboxylic acids is 1. The number of aliphatic hydroxyl groups is 1. The van der Waals surface area contributed by atoms with Crippen LogP contribution in [0.5, 0.6) is 0 Å². The monoisotopic (exact) mass is 548 g/mol. The van der Waals surface area contributed by atoms with Gasteiger partial charge in [-0.2, -0.15) is 13.2 Å². The number of carboxylic acids is 1. The second kappa shape index (κ2) is 11.6. The Morgan fingerprint density at radius 2 is 1.68 bits per heavy atom. The Kier molecular flexibility index (Phi) is 8.47. The third-order valence-corrected chi connectivity index (χ3v) is 6.98. The number of aromatic nitrogens is 2. The maximum absolute atomic E-state index is 13.5. The number of hydrogen-bond donors (Lipinski definition) is 3. The largest absolute Gasteiger partial charge is 0.481 e. The summed E-state index contributed by atoms with van der Waals surface area (Å²) in [6, 6.07) is 13.5. The standard InChI is InChI=1S/C28H28ClF3N2O4/c29-19-15-23(36)33-20-13-14-21-25(26(19)20)18(11-7-2-1-3-8-12-24(37)38)27(17-9-5-4-6-10-17)34(21)16-22(35)28(30,31)32/h4-6,9-10,13-15,22,35H,1-3,7-8,11-12,16H2,(H,33,36)(H,37,38)/t22-/m0/s1. The number of carbonyl (C=O) groups is 1. The van der Waals surface area contributed by atoms with E-state index in [1.165, 1.54) is 10.6 Å². The quantitative estimate of drug-likeness (QED) is 0.182. The summed E-state index contributed by atoms with van der Waals surface area (Å²) < 4.78 is 41.9. The van der Waals surface area contributed by atoms with Crippen LogP contribution in [-0.2, 0) is 17.8 Å². The summed E-state index contributed by atoms with van der Waals surface area (Å²) in [4.78, 5) is 25.6. The lowest BCUT2D eigenvalue weighted by molar-refractivity contribution is -0.207. The predicted octanol–water partition coefficient (Wildman–Crippen LogP) is 6.69. The number of carboxylic acid groups (broad SMARTS) is 1. The molecule has 0 spiro atoms. The molecule has 38 heavy (non-hydrogen) atoms. The van der Waals surface area contributed by atoms with Gasteiger partial charge < -0.3 is 19.8 Å². The molecule has 0 aliphatic rings. The molecule has 6 nitrogen and oxygen atoms in total. The molecule has 2 aromatic carbocycles. The molecule has 3 N–H and O–H groups in total. The van der Waals surface area contributed by atoms with Crippen molar-refractivity contribution in [1.82, 2.24) is 9.55 Å². The first kappa shape index (κ1) is 27.7. The molecule has 0 aliphatic carbocycles. The molecule has 4 aromatic rings. The van der Waals surface area contributed by atoms with Gasteiger partial charge in [0.25, 0.3) is 0 Å². The molecule has 0 bridgehead atoms. The topological polar surface area (TPSA) is 95.3 Å². The molecule has 202 valence electrons. The van der Waals surface area contributed by atoms with E-state index in [4.69, 9.17) is 16.7 Å². The highest BCUT2D eigenvalue weighted by atomic mass is 35.5. The number of halogens is 4. The smallest absolute Gasteiger partial charge is 0.416 e. The van der Waals surface area contributed by atoms with E-state index in [0.29, 0.717) is 52.3 Å². The molecule has 2 aromatic heterocycles. The second-order valence-electron chi connectivity index (χ2n) is 9.39. The van der Waals surface area contributed by atoms with Gasteiger partial charge in [-0.25, -0.2) is 0 Å². The van der Waals surface area contributed by atoms with Crippen LogP contribution in [0.4, 0.5) is 13.2 Å². The van der Waals surface area contributed by atoms with Gasteiger partial charge in [0, 0.05) is 28.8 Å². The molecule has 0 amide bonds. The van der Waals surface area contributed by atoms with E-state index >= 15 is 0 Å². The zero-order chi connectivity index (χ0) is 27.4. The first-order valence-corrected chi connectivity index (χ1v) is 12.8. The van der Waals surface area contributed by atoms with Crippen molar-refractivity contribution >= 4 is 39.4 Å². The Morgan fingerprint density at radius 3 is 2.37 bits per heavy atom. The van der Waals surface area contributed by atoms with E-state index in [1.807, 2.05) is 18.2 Å². The number of alkyl halides is 3. The summed E-state index contributed by atoms with van der Waals surface area (Å²) in [6.45, 7) is -0.702. The summed E-state index contributed by atoms with van der Waals surface area (Å²) in [5, 5.41) is 20.3. The van der Waals surface area contributed by atoms with Crippen LogP contribution in [0.3, 0.4) is 0 Å². The summed E-state index contributed by atoms with van der Waals surface area (Å²) in [5.74, 6) is -0.826. The normalized spacial score (nSPS) is 12.9. The maximum Gasteiger partial charge on any atom is 0.416 e. The number of unbranched alkanes of at least 4 members (excludes halogenated alkanes) is 4. The van der Waals surface area contributed by atoms with Gasteiger partial charge >= 0.3 is 12.1 Å². The highest BCUT2D eigenvalue weighted by molar-refractivity contribution is 6.37. The summed E-state index contributed by atoms with van der Waals surface area (Å²) in [6.07, 6.45) is -3.04. The van der Waals surface area contributed by atoms with Crippen molar-refractivity contribution in [3.63, 3.8) is 0 Å². The number of pyridine rings is 1. The van der Waals surface area contributed by atoms with Gasteiger partial charge in [-0.3, -0.25) is 9.59 Å². The van der Waals surface area contributed by atoms with Crippen LogP contribution < -0.4 is 5.56 Å². The molecule has 0 aliphatic heterocycles. The molecule has 2 heterocycles. The number of rotatable bonds is 11. The van der Waals surface area contributed by atoms with Crippen molar-refractivity contribution in [1.29, 1.82) is 0 Å². The second-order valence-corrected chi connectivity index (χ2v) is 9.79. The van der Waals surface area contributed by atoms with E-state index in [2.05, 4.69) is 4.98 Å². The molecule has 1 atom stereocenters. The summed E-state index contributed by atoms with van der Waals surface area (Å²) in [5.41, 5.74) is 2.60. The van der Waals surface area contributed by atoms with Crippen molar-refractivity contribution in [2.45, 2.75) is 63.8 Å². The number of fused-ring (bicyclic) bond motifs is 3. The number of nitrogens with zero attached hydrogens (tertiary/aromatic N) is 1. The number of aryl methyl sites for hydroxylation is 1. The van der Waals surface area contributed by atoms with E-state index in [9.17, 15) is 27.9 Å². The zero-order valence-electron chi connectivity index (χ0n) is 20.5. The Bertz CT molecular complexity index is 1500. The number of aliphatic hydroxyl groups excluding tert-OH is 1. The Balaban J connectivity index is 1.86. The predicted molar refractivity (Wildman–Crippen MR) is 142 cm³/mol. The third kappa shape index (κ3) is 6.05. The van der Waals surface area contributed by atoms with Crippen molar-refractivity contribution in [2.24, 2.45) is 0 Å². The van der Waals surface area contributed by atoms with Gasteiger partial charge in [-0.05, 0) is 42.5 Å². The van der Waals surface area contributed by atoms with E-state index in [1.54, 1.807) is 24.3 Å². The van der Waals surface area contributed by atoms with E-state index < -0.39 is 24.8 Å². The number of benzene rings is 2. The van der Waals surface area contributed by atoms with E-state index in [-0.39, 0.29) is 17.0 Å². The Labute approximate surface area is 221 Å². The van der Waals surface area contributed by atoms with Crippen LogP contribution >= 0.6 is 11.6 Å². The van der Waals surface area contributed by atoms with Crippen LogP contribution in [-0.4, -0.2) is 38.0 Å². The molecule has 0 fully saturated rings. The number of hydrogen-bond acceptors (Lipinski definition) is 3. The minimum Gasteiger partial charge on any atom is -0.481 e. The van der Waals surface area contributed by atoms with Crippen LogP contribution in [0.1, 0.15) is 44.1 Å². The fourth-order valence-electron chi connectivity index (χ4n) is 4.98. The van der Waals surface area contributed by atoms with Gasteiger partial charge in [0.15, 0.2) is 6.10 Å². The van der Waals surface area contributed by atoms with Gasteiger partial charge in [-0.1, -0.05) is 61.2 Å². The molecule has 0 saturated carbocycles. The fourth-order valence-corrected chi connectivity index (χ4v) is 5.27. The number of H-pyrrole nitrogens is 1. The van der Waals surface area contributed by atoms with Crippen LogP contribution in [0.15, 0.2) is 53.3 Å². The Hall–Kier alpha value is -3.30. The summed E-state index contributed by atoms with van der Waals surface area (Å²) in [7, 11) is 0. The average Bonchev–Trinajstić information content (AvgIpc) is 3.15. The number of nitrogens with one attached hydrogen (secondary N) is 1. The molecule has 0 unspecified atom stereocenters. The minimum atomic E-state index is -4.81. The van der Waals surface area contributed by atoms with Crippen molar-refractivity contribution in [3.05, 3.63) is 69.5 Å². The van der Waals surface area contributed by atoms with Crippen LogP contribution in [0.2, 0.25) is 5.02 Å². The zero-order valence-corrected chi connectivity index (χ0v) is 21.3. The molecule has 4 rings (SSSR count). The first-order valence-electron chi connectivity index (χ1n) is 12.5. The van der Waals surface area contributed by atoms with Gasteiger partial charge in [-0.15, -0.1) is 0 Å². The van der Waals surface area contributed by atoms with Gasteiger partial charge in [0.1, 0.15) is 0 Å². The van der Waals surface area contributed by atoms with Crippen molar-refractivity contribution in [2.75, 3.05) is 0 Å². The van der Waals surface area contributed by atoms with Gasteiger partial charge in [0.2, 0.25) is 5.56 Å². The highest BCUT2D eigenvalue weighted by Gasteiger charge is 2.39. The maximum atomic E-state index is 13.5. The average molecular weight is 549 g/mol. The third-order valence-electron chi connectivity index (χ3n) is 6.68. The molecule has 10 heteroatoms. The minimum absolute atomic E-state index is 0.121. The lowest BCUT2D eigenvalue weighted by atomic mass is 9.97. The fraction of sp³-hybridized carbons (Fsp3) is 0.357. The van der Waals surface area contributed by atoms with E-state index in [0.717, 1.165) is 24.8 Å². The van der Waals surface area contributed by atoms with Crippen LogP contribution in [0, 0.1) is 0 Å². The molecular formula is C28H28ClF3N2O4. The lowest BCUT2D eigenvalue weighted by Gasteiger charge is -2.19. The molecule has 0 saturated heterocycles. The first-order chi connectivity index (χ1) is 18.1. The SMILES string of the molecule is O=C(O)CCCCCCCc1c(-c2ccccc2)n(C[C@H](O)C(F)(F)F)c2ccc3[nH]c(=O)cc(Cl)c3c12. The summed E-state index contributed by atoms with van der Waals surface area (Å²) >= 11 is 6.54. The molecular weight excluding hydrogens is 521 g/mol. The Morgan fingerprint density at radius 1 is 1.00 bits per heavy atom. The van der Waals surface area contributed by atoms with Crippen molar-refractivity contribution in [3.8, 4) is 11.3 Å². The lowest BCUT2D eigenvalue weighted by Crippen LogP contribution is -2.33. The highest BCUT2D eigenvalue weighted by Crippen LogP contribution is 2.41. The number of aromatic amines is 1. The molecule has 0 radical (unpaired) electrons.